The topological polar surface area (TPSA) is 63.0 Å². The molecule has 0 spiro atoms. The van der Waals surface area contributed by atoms with Crippen molar-refractivity contribution in [2.24, 2.45) is 5.92 Å². The molecule has 36 heavy (non-hydrogen) atoms. The number of imide groups is 1. The van der Waals surface area contributed by atoms with Gasteiger partial charge in [0.2, 0.25) is 5.91 Å². The molecule has 0 bridgehead atoms. The lowest BCUT2D eigenvalue weighted by molar-refractivity contribution is -0.126. The fraction of sp³-hybridized carbons (Fsp3) is 0.143. The molecule has 0 unspecified atom stereocenters. The minimum absolute atomic E-state index is 0.335. The average Bonchev–Trinajstić information content (AvgIpc) is 3.56. The Labute approximate surface area is 217 Å². The van der Waals surface area contributed by atoms with Crippen LogP contribution < -0.4 is 9.96 Å². The summed E-state index contributed by atoms with van der Waals surface area (Å²) in [6.45, 7) is 1.91. The van der Waals surface area contributed by atoms with Crippen molar-refractivity contribution in [2.45, 2.75) is 19.1 Å². The van der Waals surface area contributed by atoms with E-state index in [2.05, 4.69) is 0 Å². The number of benzene rings is 3. The third-order valence-electron chi connectivity index (χ3n) is 6.50. The molecule has 0 saturated carbocycles. The van der Waals surface area contributed by atoms with E-state index in [0.717, 1.165) is 5.56 Å². The maximum atomic E-state index is 13.8. The molecule has 0 radical (unpaired) electrons. The number of nitrogens with zero attached hydrogens (tertiary/aromatic N) is 2. The molecule has 2 fully saturated rings. The molecule has 2 amide bonds. The van der Waals surface area contributed by atoms with Crippen LogP contribution in [0.2, 0.25) is 10.0 Å². The fourth-order valence-electron chi connectivity index (χ4n) is 4.87. The molecule has 180 valence electrons. The maximum absolute atomic E-state index is 13.8. The number of carbonyl (C=O) groups excluding carboxylic acids is 2. The molecule has 2 aliphatic rings. The molecule has 6 nitrogen and oxygen atoms in total. The van der Waals surface area contributed by atoms with Gasteiger partial charge in [0, 0.05) is 10.6 Å². The van der Waals surface area contributed by atoms with Gasteiger partial charge in [0.05, 0.1) is 16.4 Å². The number of furan rings is 1. The lowest BCUT2D eigenvalue weighted by atomic mass is 9.94. The van der Waals surface area contributed by atoms with Gasteiger partial charge in [-0.05, 0) is 67.1 Å². The van der Waals surface area contributed by atoms with E-state index in [1.54, 1.807) is 41.5 Å². The van der Waals surface area contributed by atoms with Crippen LogP contribution in [-0.2, 0) is 14.4 Å². The first-order chi connectivity index (χ1) is 17.4. The monoisotopic (exact) mass is 518 g/mol. The van der Waals surface area contributed by atoms with Gasteiger partial charge in [-0.1, -0.05) is 53.5 Å². The highest BCUT2D eigenvalue weighted by molar-refractivity contribution is 6.35. The second-order valence-corrected chi connectivity index (χ2v) is 9.68. The molecular weight excluding hydrogens is 499 g/mol. The van der Waals surface area contributed by atoms with Gasteiger partial charge in [-0.2, -0.15) is 0 Å². The number of anilines is 2. The van der Waals surface area contributed by atoms with Crippen LogP contribution in [0.1, 0.15) is 17.4 Å². The summed E-state index contributed by atoms with van der Waals surface area (Å²) in [7, 11) is 0. The number of amides is 2. The van der Waals surface area contributed by atoms with Crippen LogP contribution >= 0.6 is 23.2 Å². The number of carbonyl (C=O) groups is 2. The summed E-state index contributed by atoms with van der Waals surface area (Å²) in [6, 6.07) is 24.7. The van der Waals surface area contributed by atoms with Crippen molar-refractivity contribution in [2.75, 3.05) is 9.96 Å². The van der Waals surface area contributed by atoms with Gasteiger partial charge in [-0.3, -0.25) is 14.4 Å². The van der Waals surface area contributed by atoms with Crippen molar-refractivity contribution in [1.29, 1.82) is 0 Å². The number of halogens is 2. The Bertz CT molecular complexity index is 1490. The van der Waals surface area contributed by atoms with E-state index in [1.807, 2.05) is 55.5 Å². The number of fused-ring (bicyclic) bond motifs is 1. The third kappa shape index (κ3) is 3.69. The molecule has 8 heteroatoms. The van der Waals surface area contributed by atoms with E-state index in [0.29, 0.717) is 38.5 Å². The molecule has 1 aromatic heterocycles. The predicted octanol–water partition coefficient (Wildman–Crippen LogP) is 6.61. The maximum Gasteiger partial charge on any atom is 0.266 e. The second kappa shape index (κ2) is 8.82. The Morgan fingerprint density at radius 2 is 1.58 bits per heavy atom. The number of para-hydroxylation sites is 1. The van der Waals surface area contributed by atoms with E-state index >= 15 is 0 Å². The fourth-order valence-corrected chi connectivity index (χ4v) is 5.25. The van der Waals surface area contributed by atoms with Crippen molar-refractivity contribution < 1.29 is 18.8 Å². The molecule has 4 aromatic rings. The Hall–Kier alpha value is -3.58. The van der Waals surface area contributed by atoms with Crippen molar-refractivity contribution in [3.8, 4) is 11.3 Å². The summed E-state index contributed by atoms with van der Waals surface area (Å²) in [5.41, 5.74) is 2.81. The minimum Gasteiger partial charge on any atom is -0.459 e. The van der Waals surface area contributed by atoms with Gasteiger partial charge in [-0.25, -0.2) is 9.96 Å². The smallest absolute Gasteiger partial charge is 0.266 e. The summed E-state index contributed by atoms with van der Waals surface area (Å²) in [4.78, 5) is 34.6. The van der Waals surface area contributed by atoms with Crippen LogP contribution in [0.15, 0.2) is 89.3 Å². The van der Waals surface area contributed by atoms with Crippen LogP contribution in [0.4, 0.5) is 11.4 Å². The number of rotatable bonds is 4. The van der Waals surface area contributed by atoms with E-state index in [9.17, 15) is 9.59 Å². The van der Waals surface area contributed by atoms with Crippen molar-refractivity contribution in [3.63, 3.8) is 0 Å². The number of hydrogen-bond acceptors (Lipinski definition) is 5. The number of hydroxylamine groups is 1. The number of hydrogen-bond donors (Lipinski definition) is 0. The molecule has 3 heterocycles. The zero-order valence-electron chi connectivity index (χ0n) is 19.1. The van der Waals surface area contributed by atoms with Crippen LogP contribution in [0.5, 0.6) is 0 Å². The molecule has 6 rings (SSSR count). The first-order valence-electron chi connectivity index (χ1n) is 11.4. The van der Waals surface area contributed by atoms with Gasteiger partial charge in [0.15, 0.2) is 6.10 Å². The molecule has 3 aromatic carbocycles. The quantitative estimate of drug-likeness (QED) is 0.284. The van der Waals surface area contributed by atoms with Gasteiger partial charge in [0.1, 0.15) is 23.5 Å². The summed E-state index contributed by atoms with van der Waals surface area (Å²) in [5, 5.41) is 2.60. The van der Waals surface area contributed by atoms with Crippen molar-refractivity contribution >= 4 is 46.4 Å². The summed E-state index contributed by atoms with van der Waals surface area (Å²) in [6.07, 6.45) is -0.980. The predicted molar refractivity (Wildman–Crippen MR) is 138 cm³/mol. The van der Waals surface area contributed by atoms with Crippen LogP contribution in [0.3, 0.4) is 0 Å². The Morgan fingerprint density at radius 3 is 2.36 bits per heavy atom. The van der Waals surface area contributed by atoms with Crippen LogP contribution in [0, 0.1) is 12.8 Å². The summed E-state index contributed by atoms with van der Waals surface area (Å²) < 4.78 is 6.25. The second-order valence-electron chi connectivity index (χ2n) is 8.84. The van der Waals surface area contributed by atoms with Gasteiger partial charge in [-0.15, -0.1) is 0 Å². The zero-order valence-corrected chi connectivity index (χ0v) is 20.6. The average molecular weight is 519 g/mol. The van der Waals surface area contributed by atoms with Gasteiger partial charge >= 0.3 is 0 Å². The SMILES string of the molecule is Cc1cccc(N2C(=O)[C@H]3[C@@H](c4ccc(-c5cc(Cl)ccc5Cl)o4)N(c4ccccc4)O[C@H]3C2=O)c1. The van der Waals surface area contributed by atoms with Crippen molar-refractivity contribution in [3.05, 3.63) is 106 Å². The molecular formula is C28H20Cl2N2O4. The van der Waals surface area contributed by atoms with Crippen molar-refractivity contribution in [1.82, 2.24) is 0 Å². The summed E-state index contributed by atoms with van der Waals surface area (Å²) in [5.74, 6) is -0.556. The standard InChI is InChI=1S/C28H20Cl2N2O4/c1-16-6-5-9-19(14-16)31-27(33)24-25(32(36-26(24)28(31)34)18-7-3-2-4-8-18)23-13-12-22(35-23)20-15-17(29)10-11-21(20)30/h2-15,24-26H,1H3/t24-,25+,26+/m0/s1. The van der Waals surface area contributed by atoms with E-state index in [4.69, 9.17) is 32.5 Å². The lowest BCUT2D eigenvalue weighted by Crippen LogP contribution is -2.37. The first-order valence-corrected chi connectivity index (χ1v) is 12.2. The van der Waals surface area contributed by atoms with Crippen LogP contribution in [0.25, 0.3) is 11.3 Å². The molecule has 2 saturated heterocycles. The van der Waals surface area contributed by atoms with Gasteiger partial charge < -0.3 is 4.42 Å². The Kier molecular flexibility index (Phi) is 5.60. The van der Waals surface area contributed by atoms with Crippen LogP contribution in [-0.4, -0.2) is 17.9 Å². The third-order valence-corrected chi connectivity index (χ3v) is 7.06. The Balaban J connectivity index is 1.43. The van der Waals surface area contributed by atoms with E-state index in [1.165, 1.54) is 4.90 Å². The molecule has 0 N–H and O–H groups in total. The normalized spacial score (nSPS) is 21.4. The summed E-state index contributed by atoms with van der Waals surface area (Å²) >= 11 is 12.6. The highest BCUT2D eigenvalue weighted by atomic mass is 35.5. The largest absolute Gasteiger partial charge is 0.459 e. The first kappa shape index (κ1) is 22.9. The zero-order chi connectivity index (χ0) is 25.0. The highest BCUT2D eigenvalue weighted by Crippen LogP contribution is 2.48. The van der Waals surface area contributed by atoms with E-state index < -0.39 is 24.0 Å². The molecule has 0 aliphatic carbocycles. The highest BCUT2D eigenvalue weighted by Gasteiger charge is 2.61. The number of aryl methyl sites for hydroxylation is 1. The molecule has 3 atom stereocenters. The molecule has 2 aliphatic heterocycles. The van der Waals surface area contributed by atoms with Gasteiger partial charge in [0.25, 0.3) is 5.91 Å². The Morgan fingerprint density at radius 1 is 0.806 bits per heavy atom. The lowest BCUT2D eigenvalue weighted by Gasteiger charge is -2.27. The van der Waals surface area contributed by atoms with E-state index in [-0.39, 0.29) is 5.91 Å². The minimum atomic E-state index is -0.980.